The largest absolute Gasteiger partial charge is 0.456 e. The average Bonchev–Trinajstić information content (AvgIpc) is 2.33. The van der Waals surface area contributed by atoms with Crippen LogP contribution in [-0.4, -0.2) is 6.29 Å². The Balaban J connectivity index is 2.40. The first-order chi connectivity index (χ1) is 8.61. The first-order valence-corrected chi connectivity index (χ1v) is 5.67. The quantitative estimate of drug-likeness (QED) is 0.769. The molecule has 92 valence electrons. The number of rotatable bonds is 3. The Morgan fingerprint density at radius 3 is 2.67 bits per heavy atom. The standard InChI is InChI=1S/C14H10ClFO2/c1-9-7-10(16)5-6-13(9)18-14-4-2-3-12(15)11(14)8-17/h2-8H,1H3. The molecule has 0 aliphatic rings. The summed E-state index contributed by atoms with van der Waals surface area (Å²) in [5.41, 5.74) is 0.926. The molecule has 0 saturated carbocycles. The van der Waals surface area contributed by atoms with Crippen LogP contribution >= 0.6 is 11.6 Å². The average molecular weight is 265 g/mol. The van der Waals surface area contributed by atoms with Crippen LogP contribution in [0.15, 0.2) is 36.4 Å². The molecule has 2 rings (SSSR count). The van der Waals surface area contributed by atoms with Gasteiger partial charge in [0.15, 0.2) is 6.29 Å². The number of halogens is 2. The third-order valence-electron chi connectivity index (χ3n) is 2.49. The number of aryl methyl sites for hydroxylation is 1. The number of benzene rings is 2. The normalized spacial score (nSPS) is 10.2. The number of aldehydes is 1. The van der Waals surface area contributed by atoms with Gasteiger partial charge in [-0.25, -0.2) is 4.39 Å². The molecule has 0 bridgehead atoms. The van der Waals surface area contributed by atoms with Crippen molar-refractivity contribution in [3.8, 4) is 11.5 Å². The Morgan fingerprint density at radius 2 is 2.00 bits per heavy atom. The maximum atomic E-state index is 13.0. The fourth-order valence-electron chi connectivity index (χ4n) is 1.57. The van der Waals surface area contributed by atoms with Gasteiger partial charge in [-0.3, -0.25) is 4.79 Å². The maximum absolute atomic E-state index is 13.0. The van der Waals surface area contributed by atoms with Crippen molar-refractivity contribution in [3.63, 3.8) is 0 Å². The molecule has 2 aromatic rings. The second-order valence-corrected chi connectivity index (χ2v) is 4.19. The number of carbonyl (C=O) groups is 1. The summed E-state index contributed by atoms with van der Waals surface area (Å²) in [6.45, 7) is 1.73. The van der Waals surface area contributed by atoms with Crippen LogP contribution < -0.4 is 4.74 Å². The van der Waals surface area contributed by atoms with Crippen molar-refractivity contribution in [2.45, 2.75) is 6.92 Å². The minimum atomic E-state index is -0.332. The maximum Gasteiger partial charge on any atom is 0.155 e. The van der Waals surface area contributed by atoms with Crippen LogP contribution in [0.1, 0.15) is 15.9 Å². The molecule has 0 atom stereocenters. The van der Waals surface area contributed by atoms with Gasteiger partial charge in [-0.05, 0) is 42.8 Å². The first-order valence-electron chi connectivity index (χ1n) is 5.29. The van der Waals surface area contributed by atoms with E-state index in [2.05, 4.69) is 0 Å². The summed E-state index contributed by atoms with van der Waals surface area (Å²) in [5.74, 6) is 0.510. The molecule has 0 radical (unpaired) electrons. The zero-order chi connectivity index (χ0) is 13.1. The molecular weight excluding hydrogens is 255 g/mol. The molecular formula is C14H10ClFO2. The minimum absolute atomic E-state index is 0.280. The fourth-order valence-corrected chi connectivity index (χ4v) is 1.78. The highest BCUT2D eigenvalue weighted by Crippen LogP contribution is 2.30. The van der Waals surface area contributed by atoms with Gasteiger partial charge in [0.1, 0.15) is 17.3 Å². The monoisotopic (exact) mass is 264 g/mol. The minimum Gasteiger partial charge on any atom is -0.456 e. The highest BCUT2D eigenvalue weighted by atomic mass is 35.5. The van der Waals surface area contributed by atoms with Crippen molar-refractivity contribution < 1.29 is 13.9 Å². The molecule has 0 aliphatic carbocycles. The second kappa shape index (κ2) is 5.19. The van der Waals surface area contributed by atoms with Gasteiger partial charge < -0.3 is 4.74 Å². The Kier molecular flexibility index (Phi) is 3.63. The topological polar surface area (TPSA) is 26.3 Å². The molecule has 2 aromatic carbocycles. The molecule has 0 aromatic heterocycles. The third-order valence-corrected chi connectivity index (χ3v) is 2.82. The van der Waals surface area contributed by atoms with E-state index in [-0.39, 0.29) is 11.4 Å². The van der Waals surface area contributed by atoms with Gasteiger partial charge in [0.25, 0.3) is 0 Å². The highest BCUT2D eigenvalue weighted by Gasteiger charge is 2.09. The number of ether oxygens (including phenoxy) is 1. The van der Waals surface area contributed by atoms with Crippen LogP contribution in [0.2, 0.25) is 5.02 Å². The summed E-state index contributed by atoms with van der Waals surface area (Å²) < 4.78 is 18.5. The highest BCUT2D eigenvalue weighted by molar-refractivity contribution is 6.33. The SMILES string of the molecule is Cc1cc(F)ccc1Oc1cccc(Cl)c1C=O. The summed E-state index contributed by atoms with van der Waals surface area (Å²) in [4.78, 5) is 11.0. The predicted octanol–water partition coefficient (Wildman–Crippen LogP) is 4.39. The van der Waals surface area contributed by atoms with Crippen molar-refractivity contribution in [1.82, 2.24) is 0 Å². The van der Waals surface area contributed by atoms with Crippen LogP contribution in [0.3, 0.4) is 0 Å². The van der Waals surface area contributed by atoms with E-state index in [1.165, 1.54) is 18.2 Å². The van der Waals surface area contributed by atoms with E-state index in [4.69, 9.17) is 16.3 Å². The molecule has 2 nitrogen and oxygen atoms in total. The van der Waals surface area contributed by atoms with Crippen LogP contribution in [-0.2, 0) is 0 Å². The Morgan fingerprint density at radius 1 is 1.22 bits per heavy atom. The van der Waals surface area contributed by atoms with E-state index in [9.17, 15) is 9.18 Å². The van der Waals surface area contributed by atoms with Crippen LogP contribution in [0.25, 0.3) is 0 Å². The summed E-state index contributed by atoms with van der Waals surface area (Å²) in [6, 6.07) is 9.10. The summed E-state index contributed by atoms with van der Waals surface area (Å²) in [6.07, 6.45) is 0.635. The number of hydrogen-bond donors (Lipinski definition) is 0. The van der Waals surface area contributed by atoms with Gasteiger partial charge in [-0.1, -0.05) is 17.7 Å². The van der Waals surface area contributed by atoms with Crippen molar-refractivity contribution in [3.05, 3.63) is 58.4 Å². The molecule has 0 aliphatic heterocycles. The van der Waals surface area contributed by atoms with Gasteiger partial charge >= 0.3 is 0 Å². The molecule has 0 heterocycles. The van der Waals surface area contributed by atoms with Gasteiger partial charge in [-0.15, -0.1) is 0 Å². The molecule has 0 amide bonds. The smallest absolute Gasteiger partial charge is 0.155 e. The molecule has 0 saturated heterocycles. The number of hydrogen-bond acceptors (Lipinski definition) is 2. The van der Waals surface area contributed by atoms with Crippen molar-refractivity contribution in [1.29, 1.82) is 0 Å². The van der Waals surface area contributed by atoms with Gasteiger partial charge in [0.05, 0.1) is 10.6 Å². The summed E-state index contributed by atoms with van der Waals surface area (Å²) in [7, 11) is 0. The predicted molar refractivity (Wildman–Crippen MR) is 68.1 cm³/mol. The first kappa shape index (κ1) is 12.6. The Labute approximate surface area is 109 Å². The molecule has 4 heteroatoms. The molecule has 0 spiro atoms. The van der Waals surface area contributed by atoms with Crippen LogP contribution in [0.5, 0.6) is 11.5 Å². The lowest BCUT2D eigenvalue weighted by Gasteiger charge is -2.11. The fraction of sp³-hybridized carbons (Fsp3) is 0.0714. The zero-order valence-electron chi connectivity index (χ0n) is 9.61. The molecule has 0 N–H and O–H groups in total. The summed E-state index contributed by atoms with van der Waals surface area (Å²) >= 11 is 5.89. The third kappa shape index (κ3) is 2.51. The van der Waals surface area contributed by atoms with Gasteiger partial charge in [-0.2, -0.15) is 0 Å². The van der Waals surface area contributed by atoms with E-state index in [0.717, 1.165) is 0 Å². The van der Waals surface area contributed by atoms with E-state index >= 15 is 0 Å². The van der Waals surface area contributed by atoms with Crippen molar-refractivity contribution in [2.75, 3.05) is 0 Å². The lowest BCUT2D eigenvalue weighted by molar-refractivity contribution is 0.112. The lowest BCUT2D eigenvalue weighted by Crippen LogP contribution is -1.93. The molecule has 18 heavy (non-hydrogen) atoms. The Bertz CT molecular complexity index is 596. The molecule has 0 fully saturated rings. The van der Waals surface area contributed by atoms with Gasteiger partial charge in [0, 0.05) is 0 Å². The zero-order valence-corrected chi connectivity index (χ0v) is 10.4. The number of carbonyl (C=O) groups excluding carboxylic acids is 1. The van der Waals surface area contributed by atoms with Crippen LogP contribution in [0.4, 0.5) is 4.39 Å². The van der Waals surface area contributed by atoms with Gasteiger partial charge in [0.2, 0.25) is 0 Å². The van der Waals surface area contributed by atoms with Crippen molar-refractivity contribution in [2.24, 2.45) is 0 Å². The van der Waals surface area contributed by atoms with E-state index in [0.29, 0.717) is 28.4 Å². The van der Waals surface area contributed by atoms with E-state index in [1.807, 2.05) is 0 Å². The van der Waals surface area contributed by atoms with Crippen LogP contribution in [0, 0.1) is 12.7 Å². The van der Waals surface area contributed by atoms with Crippen molar-refractivity contribution >= 4 is 17.9 Å². The summed E-state index contributed by atoms with van der Waals surface area (Å²) in [5, 5.41) is 0.322. The van der Waals surface area contributed by atoms with E-state index < -0.39 is 0 Å². The van der Waals surface area contributed by atoms with E-state index in [1.54, 1.807) is 25.1 Å². The Hall–Kier alpha value is -1.87. The lowest BCUT2D eigenvalue weighted by atomic mass is 10.2. The second-order valence-electron chi connectivity index (χ2n) is 3.78. The molecule has 0 unspecified atom stereocenters.